The summed E-state index contributed by atoms with van der Waals surface area (Å²) < 4.78 is 0. The molecule has 1 aliphatic rings. The highest BCUT2D eigenvalue weighted by Crippen LogP contribution is 2.17. The molecule has 2 nitrogen and oxygen atoms in total. The molecule has 0 amide bonds. The topological polar surface area (TPSA) is 24.9 Å². The Bertz CT molecular complexity index is 327. The number of pyridine rings is 1. The molecule has 1 aromatic rings. The molecule has 0 saturated heterocycles. The number of nitrogens with zero attached hydrogens (tertiary/aromatic N) is 1. The van der Waals surface area contributed by atoms with Crippen molar-refractivity contribution in [2.24, 2.45) is 0 Å². The van der Waals surface area contributed by atoms with Crippen molar-refractivity contribution >= 4 is 0 Å². The fourth-order valence-electron chi connectivity index (χ4n) is 2.60. The zero-order valence-corrected chi connectivity index (χ0v) is 10.9. The first-order valence-electron chi connectivity index (χ1n) is 6.99. The molecular weight excluding hydrogens is 208 g/mol. The maximum Gasteiger partial charge on any atom is 0.0315 e. The van der Waals surface area contributed by atoms with Crippen molar-refractivity contribution in [3.05, 3.63) is 29.6 Å². The normalized spacial score (nSPS) is 18.6. The van der Waals surface area contributed by atoms with Gasteiger partial charge in [0, 0.05) is 25.0 Å². The maximum atomic E-state index is 4.20. The zero-order chi connectivity index (χ0) is 11.9. The fourth-order valence-corrected chi connectivity index (χ4v) is 2.60. The average molecular weight is 232 g/mol. The van der Waals surface area contributed by atoms with Gasteiger partial charge in [-0.3, -0.25) is 4.98 Å². The molecule has 0 bridgehead atoms. The molecule has 0 aromatic carbocycles. The van der Waals surface area contributed by atoms with Crippen LogP contribution in [0.1, 0.15) is 56.1 Å². The molecule has 1 saturated carbocycles. The highest BCUT2D eigenvalue weighted by atomic mass is 14.9. The third kappa shape index (κ3) is 4.12. The highest BCUT2D eigenvalue weighted by molar-refractivity contribution is 5.21. The monoisotopic (exact) mass is 232 g/mol. The van der Waals surface area contributed by atoms with Crippen LogP contribution < -0.4 is 5.32 Å². The van der Waals surface area contributed by atoms with Crippen LogP contribution in [0.2, 0.25) is 0 Å². The van der Waals surface area contributed by atoms with Crippen LogP contribution in [0.25, 0.3) is 0 Å². The largest absolute Gasteiger partial charge is 0.310 e. The molecule has 17 heavy (non-hydrogen) atoms. The summed E-state index contributed by atoms with van der Waals surface area (Å²) in [6.07, 6.45) is 13.6. The van der Waals surface area contributed by atoms with Crippen LogP contribution in [0, 0.1) is 6.92 Å². The van der Waals surface area contributed by atoms with Gasteiger partial charge in [0.15, 0.2) is 0 Å². The van der Waals surface area contributed by atoms with E-state index in [4.69, 9.17) is 0 Å². The molecule has 0 aliphatic heterocycles. The molecular formula is C15H24N2. The maximum absolute atomic E-state index is 4.20. The molecule has 1 fully saturated rings. The number of aromatic nitrogens is 1. The second kappa shape index (κ2) is 6.75. The highest BCUT2D eigenvalue weighted by Gasteiger charge is 2.10. The van der Waals surface area contributed by atoms with E-state index < -0.39 is 0 Å². The van der Waals surface area contributed by atoms with E-state index in [-0.39, 0.29) is 0 Å². The Morgan fingerprint density at radius 3 is 2.59 bits per heavy atom. The summed E-state index contributed by atoms with van der Waals surface area (Å²) in [5.74, 6) is 0. The van der Waals surface area contributed by atoms with E-state index in [0.29, 0.717) is 0 Å². The molecule has 94 valence electrons. The zero-order valence-electron chi connectivity index (χ0n) is 10.9. The van der Waals surface area contributed by atoms with Crippen LogP contribution in [0.15, 0.2) is 18.5 Å². The average Bonchev–Trinajstić information content (AvgIpc) is 2.29. The molecule has 1 aromatic heterocycles. The minimum absolute atomic E-state index is 0.718. The van der Waals surface area contributed by atoms with Crippen molar-refractivity contribution in [1.82, 2.24) is 10.3 Å². The van der Waals surface area contributed by atoms with Crippen molar-refractivity contribution in [2.75, 3.05) is 0 Å². The first-order valence-corrected chi connectivity index (χ1v) is 6.99. The van der Waals surface area contributed by atoms with Gasteiger partial charge in [0.25, 0.3) is 0 Å². The van der Waals surface area contributed by atoms with Gasteiger partial charge in [-0.05, 0) is 37.0 Å². The molecule has 1 heterocycles. The van der Waals surface area contributed by atoms with Crippen LogP contribution in [-0.2, 0) is 6.54 Å². The minimum atomic E-state index is 0.718. The van der Waals surface area contributed by atoms with E-state index in [0.717, 1.165) is 12.6 Å². The summed E-state index contributed by atoms with van der Waals surface area (Å²) in [5.41, 5.74) is 2.69. The minimum Gasteiger partial charge on any atom is -0.310 e. The van der Waals surface area contributed by atoms with E-state index in [2.05, 4.69) is 23.3 Å². The molecule has 0 radical (unpaired) electrons. The number of hydrogen-bond donors (Lipinski definition) is 1. The third-order valence-electron chi connectivity index (χ3n) is 3.83. The van der Waals surface area contributed by atoms with E-state index in [1.165, 1.54) is 56.1 Å². The molecule has 1 N–H and O–H groups in total. The predicted molar refractivity (Wildman–Crippen MR) is 71.9 cm³/mol. The third-order valence-corrected chi connectivity index (χ3v) is 3.83. The Hall–Kier alpha value is -0.890. The van der Waals surface area contributed by atoms with Gasteiger partial charge in [0.05, 0.1) is 0 Å². The second-order valence-electron chi connectivity index (χ2n) is 5.23. The number of aryl methyl sites for hydroxylation is 1. The lowest BCUT2D eigenvalue weighted by Gasteiger charge is -2.21. The number of rotatable bonds is 3. The standard InChI is InChI=1S/C15H24N2/c1-13-9-10-16-11-14(13)12-17-15-7-5-3-2-4-6-8-15/h9-11,15,17H,2-8,12H2,1H3. The lowest BCUT2D eigenvalue weighted by molar-refractivity contribution is 0.388. The van der Waals surface area contributed by atoms with Gasteiger partial charge in [0.2, 0.25) is 0 Å². The second-order valence-corrected chi connectivity index (χ2v) is 5.23. The van der Waals surface area contributed by atoms with E-state index in [1.54, 1.807) is 0 Å². The summed E-state index contributed by atoms with van der Waals surface area (Å²) in [6, 6.07) is 2.81. The van der Waals surface area contributed by atoms with E-state index >= 15 is 0 Å². The smallest absolute Gasteiger partial charge is 0.0315 e. The van der Waals surface area contributed by atoms with Gasteiger partial charge in [0.1, 0.15) is 0 Å². The Morgan fingerprint density at radius 1 is 1.18 bits per heavy atom. The molecule has 2 rings (SSSR count). The summed E-state index contributed by atoms with van der Waals surface area (Å²) in [4.78, 5) is 4.20. The molecule has 0 atom stereocenters. The summed E-state index contributed by atoms with van der Waals surface area (Å²) in [7, 11) is 0. The first kappa shape index (κ1) is 12.6. The van der Waals surface area contributed by atoms with Crippen molar-refractivity contribution in [3.63, 3.8) is 0 Å². The SMILES string of the molecule is Cc1ccncc1CNC1CCCCCCC1. The lowest BCUT2D eigenvalue weighted by atomic mass is 9.96. The molecule has 1 aliphatic carbocycles. The molecule has 2 heteroatoms. The Labute approximate surface area is 105 Å². The Kier molecular flexibility index (Phi) is 4.99. The van der Waals surface area contributed by atoms with Gasteiger partial charge in [-0.25, -0.2) is 0 Å². The fraction of sp³-hybridized carbons (Fsp3) is 0.667. The van der Waals surface area contributed by atoms with Crippen LogP contribution >= 0.6 is 0 Å². The summed E-state index contributed by atoms with van der Waals surface area (Å²) in [6.45, 7) is 3.14. The summed E-state index contributed by atoms with van der Waals surface area (Å²) in [5, 5.41) is 3.71. The lowest BCUT2D eigenvalue weighted by Crippen LogP contribution is -2.29. The van der Waals surface area contributed by atoms with Gasteiger partial charge < -0.3 is 5.32 Å². The van der Waals surface area contributed by atoms with Crippen LogP contribution in [0.5, 0.6) is 0 Å². The number of hydrogen-bond acceptors (Lipinski definition) is 2. The van der Waals surface area contributed by atoms with Crippen molar-refractivity contribution in [2.45, 2.75) is 64.5 Å². The Morgan fingerprint density at radius 2 is 1.88 bits per heavy atom. The van der Waals surface area contributed by atoms with Crippen molar-refractivity contribution in [3.8, 4) is 0 Å². The van der Waals surface area contributed by atoms with Crippen LogP contribution in [0.3, 0.4) is 0 Å². The first-order chi connectivity index (χ1) is 8.36. The van der Waals surface area contributed by atoms with E-state index in [9.17, 15) is 0 Å². The molecule has 0 spiro atoms. The van der Waals surface area contributed by atoms with Gasteiger partial charge >= 0.3 is 0 Å². The molecule has 0 unspecified atom stereocenters. The summed E-state index contributed by atoms with van der Waals surface area (Å²) >= 11 is 0. The van der Waals surface area contributed by atoms with Crippen LogP contribution in [-0.4, -0.2) is 11.0 Å². The van der Waals surface area contributed by atoms with E-state index in [1.807, 2.05) is 12.4 Å². The van der Waals surface area contributed by atoms with Gasteiger partial charge in [-0.2, -0.15) is 0 Å². The van der Waals surface area contributed by atoms with Crippen LogP contribution in [0.4, 0.5) is 0 Å². The number of nitrogens with one attached hydrogen (secondary N) is 1. The predicted octanol–water partition coefficient (Wildman–Crippen LogP) is 3.59. The van der Waals surface area contributed by atoms with Gasteiger partial charge in [-0.1, -0.05) is 32.1 Å². The van der Waals surface area contributed by atoms with Crippen molar-refractivity contribution in [1.29, 1.82) is 0 Å². The van der Waals surface area contributed by atoms with Crippen molar-refractivity contribution < 1.29 is 0 Å². The Balaban J connectivity index is 1.82. The quantitative estimate of drug-likeness (QED) is 0.861. The van der Waals surface area contributed by atoms with Gasteiger partial charge in [-0.15, -0.1) is 0 Å².